The van der Waals surface area contributed by atoms with E-state index in [0.717, 1.165) is 66.3 Å². The Morgan fingerprint density at radius 3 is 2.46 bits per heavy atom. The van der Waals surface area contributed by atoms with E-state index in [4.69, 9.17) is 10.5 Å². The number of rotatable bonds is 7. The van der Waals surface area contributed by atoms with Crippen molar-refractivity contribution in [3.8, 4) is 16.9 Å². The Labute approximate surface area is 166 Å². The molecule has 0 unspecified atom stereocenters. The molecule has 2 fully saturated rings. The van der Waals surface area contributed by atoms with Crippen LogP contribution in [-0.4, -0.2) is 47.0 Å². The van der Waals surface area contributed by atoms with Crippen molar-refractivity contribution >= 4 is 5.91 Å². The maximum atomic E-state index is 12.0. The molecule has 1 aromatic heterocycles. The van der Waals surface area contributed by atoms with Gasteiger partial charge in [0.25, 0.3) is 0 Å². The number of nitrogens with zero attached hydrogens (tertiary/aromatic N) is 3. The third kappa shape index (κ3) is 3.49. The van der Waals surface area contributed by atoms with E-state index in [1.54, 1.807) is 6.33 Å². The SMILES string of the molecule is Cc1ncnc(C)c1-c1cc(C2(C(N)=O)CC2)ccc1OCCN1CCCC1. The third-order valence-electron chi connectivity index (χ3n) is 6.11. The average molecular weight is 380 g/mol. The highest BCUT2D eigenvalue weighted by atomic mass is 16.5. The number of carbonyl (C=O) groups is 1. The molecule has 0 atom stereocenters. The van der Waals surface area contributed by atoms with Crippen LogP contribution in [0, 0.1) is 13.8 Å². The zero-order valence-corrected chi connectivity index (χ0v) is 16.7. The Morgan fingerprint density at radius 2 is 1.86 bits per heavy atom. The van der Waals surface area contributed by atoms with Crippen molar-refractivity contribution in [2.45, 2.75) is 44.9 Å². The Kier molecular flexibility index (Phi) is 5.06. The highest BCUT2D eigenvalue weighted by Crippen LogP contribution is 2.49. The summed E-state index contributed by atoms with van der Waals surface area (Å²) in [6.07, 6.45) is 5.74. The number of hydrogen-bond donors (Lipinski definition) is 1. The summed E-state index contributed by atoms with van der Waals surface area (Å²) in [6, 6.07) is 6.02. The number of aromatic nitrogens is 2. The van der Waals surface area contributed by atoms with Gasteiger partial charge in [-0.15, -0.1) is 0 Å². The highest BCUT2D eigenvalue weighted by molar-refractivity contribution is 5.90. The van der Waals surface area contributed by atoms with E-state index in [-0.39, 0.29) is 5.91 Å². The Balaban J connectivity index is 1.68. The molecule has 2 heterocycles. The van der Waals surface area contributed by atoms with Crippen molar-refractivity contribution in [2.75, 3.05) is 26.2 Å². The van der Waals surface area contributed by atoms with Crippen LogP contribution in [0.3, 0.4) is 0 Å². The minimum absolute atomic E-state index is 0.251. The largest absolute Gasteiger partial charge is 0.492 e. The predicted molar refractivity (Wildman–Crippen MR) is 108 cm³/mol. The number of likely N-dealkylation sites (tertiary alicyclic amines) is 1. The number of ether oxygens (including phenoxy) is 1. The summed E-state index contributed by atoms with van der Waals surface area (Å²) in [5.74, 6) is 0.558. The third-order valence-corrected chi connectivity index (χ3v) is 6.11. The molecule has 2 aliphatic rings. The van der Waals surface area contributed by atoms with Gasteiger partial charge in [-0.25, -0.2) is 9.97 Å². The lowest BCUT2D eigenvalue weighted by Crippen LogP contribution is -2.28. The Bertz CT molecular complexity index is 866. The van der Waals surface area contributed by atoms with Gasteiger partial charge in [0.1, 0.15) is 18.7 Å². The van der Waals surface area contributed by atoms with Crippen LogP contribution in [0.4, 0.5) is 0 Å². The molecule has 1 aliphatic heterocycles. The Morgan fingerprint density at radius 1 is 1.18 bits per heavy atom. The van der Waals surface area contributed by atoms with E-state index in [1.807, 2.05) is 26.0 Å². The molecule has 1 aromatic carbocycles. The second-order valence-electron chi connectivity index (χ2n) is 7.97. The van der Waals surface area contributed by atoms with Gasteiger partial charge in [-0.05, 0) is 70.3 Å². The molecule has 148 valence electrons. The van der Waals surface area contributed by atoms with E-state index in [1.165, 1.54) is 12.8 Å². The first-order valence-electron chi connectivity index (χ1n) is 10.1. The quantitative estimate of drug-likeness (QED) is 0.799. The second kappa shape index (κ2) is 7.51. The molecule has 6 heteroatoms. The summed E-state index contributed by atoms with van der Waals surface area (Å²) in [4.78, 5) is 23.2. The molecule has 2 aromatic rings. The van der Waals surface area contributed by atoms with Crippen molar-refractivity contribution in [1.29, 1.82) is 0 Å². The van der Waals surface area contributed by atoms with Gasteiger partial charge in [-0.3, -0.25) is 9.69 Å². The molecule has 6 nitrogen and oxygen atoms in total. The van der Waals surface area contributed by atoms with E-state index < -0.39 is 5.41 Å². The number of hydrogen-bond acceptors (Lipinski definition) is 5. The van der Waals surface area contributed by atoms with Crippen molar-refractivity contribution in [3.63, 3.8) is 0 Å². The lowest BCUT2D eigenvalue weighted by atomic mass is 9.90. The first-order valence-corrected chi connectivity index (χ1v) is 10.1. The molecule has 1 saturated carbocycles. The lowest BCUT2D eigenvalue weighted by Gasteiger charge is -2.20. The van der Waals surface area contributed by atoms with E-state index in [0.29, 0.717) is 6.61 Å². The van der Waals surface area contributed by atoms with Crippen LogP contribution in [0.15, 0.2) is 24.5 Å². The van der Waals surface area contributed by atoms with Gasteiger partial charge in [0.2, 0.25) is 5.91 Å². The first-order chi connectivity index (χ1) is 13.5. The monoisotopic (exact) mass is 380 g/mol. The zero-order chi connectivity index (χ0) is 19.7. The van der Waals surface area contributed by atoms with Crippen LogP contribution >= 0.6 is 0 Å². The van der Waals surface area contributed by atoms with Crippen LogP contribution in [0.2, 0.25) is 0 Å². The molecular weight excluding hydrogens is 352 g/mol. The molecular formula is C22H28N4O2. The maximum absolute atomic E-state index is 12.0. The lowest BCUT2D eigenvalue weighted by molar-refractivity contribution is -0.120. The molecule has 1 saturated heterocycles. The summed E-state index contributed by atoms with van der Waals surface area (Å²) in [6.45, 7) is 7.83. The van der Waals surface area contributed by atoms with E-state index in [2.05, 4.69) is 20.9 Å². The fourth-order valence-electron chi connectivity index (χ4n) is 4.22. The summed E-state index contributed by atoms with van der Waals surface area (Å²) >= 11 is 0. The smallest absolute Gasteiger partial charge is 0.228 e. The first kappa shape index (κ1) is 18.9. The zero-order valence-electron chi connectivity index (χ0n) is 16.7. The van der Waals surface area contributed by atoms with Gasteiger partial charge < -0.3 is 10.5 Å². The Hall–Kier alpha value is -2.47. The highest BCUT2D eigenvalue weighted by Gasteiger charge is 2.50. The summed E-state index contributed by atoms with van der Waals surface area (Å²) in [5, 5.41) is 0. The van der Waals surface area contributed by atoms with Crippen molar-refractivity contribution in [1.82, 2.24) is 14.9 Å². The summed E-state index contributed by atoms with van der Waals surface area (Å²) in [7, 11) is 0. The molecule has 1 aliphatic carbocycles. The van der Waals surface area contributed by atoms with E-state index in [9.17, 15) is 4.79 Å². The minimum atomic E-state index is -0.528. The van der Waals surface area contributed by atoms with Crippen LogP contribution in [0.25, 0.3) is 11.1 Å². The number of carbonyl (C=O) groups excluding carboxylic acids is 1. The van der Waals surface area contributed by atoms with Crippen molar-refractivity contribution < 1.29 is 9.53 Å². The summed E-state index contributed by atoms with van der Waals surface area (Å²) < 4.78 is 6.20. The average Bonchev–Trinajstić information content (AvgIpc) is 3.33. The molecule has 28 heavy (non-hydrogen) atoms. The number of benzene rings is 1. The topological polar surface area (TPSA) is 81.3 Å². The molecule has 1 amide bonds. The normalized spacial score (nSPS) is 18.2. The van der Waals surface area contributed by atoms with Crippen molar-refractivity contribution in [2.24, 2.45) is 5.73 Å². The molecule has 0 spiro atoms. The van der Waals surface area contributed by atoms with Gasteiger partial charge in [0, 0.05) is 29.1 Å². The van der Waals surface area contributed by atoms with Gasteiger partial charge in [0.05, 0.1) is 5.41 Å². The number of amides is 1. The van der Waals surface area contributed by atoms with Gasteiger partial charge >= 0.3 is 0 Å². The van der Waals surface area contributed by atoms with Gasteiger partial charge in [-0.2, -0.15) is 0 Å². The number of primary amides is 1. The summed E-state index contributed by atoms with van der Waals surface area (Å²) in [5.41, 5.74) is 9.86. The predicted octanol–water partition coefficient (Wildman–Crippen LogP) is 2.75. The molecule has 0 bridgehead atoms. The van der Waals surface area contributed by atoms with Crippen LogP contribution < -0.4 is 10.5 Å². The number of nitrogens with two attached hydrogens (primary N) is 1. The molecule has 2 N–H and O–H groups in total. The van der Waals surface area contributed by atoms with Crippen LogP contribution in [0.5, 0.6) is 5.75 Å². The van der Waals surface area contributed by atoms with Crippen molar-refractivity contribution in [3.05, 3.63) is 41.5 Å². The standard InChI is InChI=1S/C22H28N4O2/c1-15-20(16(2)25-14-24-15)18-13-17(22(7-8-22)21(23)27)5-6-19(18)28-12-11-26-9-3-4-10-26/h5-6,13-14H,3-4,7-12H2,1-2H3,(H2,23,27). The minimum Gasteiger partial charge on any atom is -0.492 e. The van der Waals surface area contributed by atoms with E-state index >= 15 is 0 Å². The second-order valence-corrected chi connectivity index (χ2v) is 7.97. The van der Waals surface area contributed by atoms with Crippen LogP contribution in [-0.2, 0) is 10.2 Å². The fraction of sp³-hybridized carbons (Fsp3) is 0.500. The molecule has 0 radical (unpaired) electrons. The number of aryl methyl sites for hydroxylation is 2. The molecule has 4 rings (SSSR count). The fourth-order valence-corrected chi connectivity index (χ4v) is 4.22. The van der Waals surface area contributed by atoms with Gasteiger partial charge in [0.15, 0.2) is 0 Å². The van der Waals surface area contributed by atoms with Gasteiger partial charge in [-0.1, -0.05) is 6.07 Å². The van der Waals surface area contributed by atoms with Crippen LogP contribution in [0.1, 0.15) is 42.6 Å². The maximum Gasteiger partial charge on any atom is 0.228 e.